The van der Waals surface area contributed by atoms with Crippen molar-refractivity contribution in [1.82, 2.24) is 9.97 Å². The first-order valence-electron chi connectivity index (χ1n) is 7.66. The number of benzene rings is 1. The van der Waals surface area contributed by atoms with Gasteiger partial charge < -0.3 is 10.5 Å². The predicted molar refractivity (Wildman–Crippen MR) is 83.5 cm³/mol. The monoisotopic (exact) mass is 283 g/mol. The molecule has 110 valence electrons. The Hall–Kier alpha value is -2.10. The van der Waals surface area contributed by atoms with E-state index in [0.29, 0.717) is 17.6 Å². The van der Waals surface area contributed by atoms with E-state index in [0.717, 1.165) is 30.8 Å². The van der Waals surface area contributed by atoms with Crippen molar-refractivity contribution in [2.45, 2.75) is 44.9 Å². The minimum Gasteiger partial charge on any atom is -0.439 e. The van der Waals surface area contributed by atoms with Crippen molar-refractivity contribution >= 4 is 5.82 Å². The molecule has 0 radical (unpaired) electrons. The third kappa shape index (κ3) is 3.72. The van der Waals surface area contributed by atoms with Crippen molar-refractivity contribution in [3.8, 4) is 11.6 Å². The van der Waals surface area contributed by atoms with Crippen LogP contribution in [0.1, 0.15) is 49.9 Å². The molecule has 1 aromatic carbocycles. The van der Waals surface area contributed by atoms with Crippen molar-refractivity contribution in [3.05, 3.63) is 41.7 Å². The lowest BCUT2D eigenvalue weighted by molar-refractivity contribution is 0.459. The Morgan fingerprint density at radius 3 is 2.62 bits per heavy atom. The molecule has 1 aromatic heterocycles. The molecule has 0 saturated heterocycles. The summed E-state index contributed by atoms with van der Waals surface area (Å²) in [6, 6.07) is 9.87. The molecule has 1 aliphatic carbocycles. The molecule has 0 atom stereocenters. The molecular weight excluding hydrogens is 262 g/mol. The number of hydrogen-bond donors (Lipinski definition) is 1. The van der Waals surface area contributed by atoms with Gasteiger partial charge in [0.15, 0.2) is 0 Å². The summed E-state index contributed by atoms with van der Waals surface area (Å²) in [5.41, 5.74) is 7.16. The van der Waals surface area contributed by atoms with Gasteiger partial charge in [0.05, 0.1) is 0 Å². The van der Waals surface area contributed by atoms with Gasteiger partial charge in [-0.1, -0.05) is 25.5 Å². The number of unbranched alkanes of at least 4 members (excludes halogenated alkanes) is 1. The molecule has 0 bridgehead atoms. The van der Waals surface area contributed by atoms with Crippen LogP contribution in [0.25, 0.3) is 0 Å². The average Bonchev–Trinajstić information content (AvgIpc) is 3.30. The number of aryl methyl sites for hydroxylation is 1. The summed E-state index contributed by atoms with van der Waals surface area (Å²) >= 11 is 0. The van der Waals surface area contributed by atoms with E-state index >= 15 is 0 Å². The maximum atomic E-state index is 5.83. The van der Waals surface area contributed by atoms with Crippen LogP contribution in [-0.2, 0) is 6.42 Å². The van der Waals surface area contributed by atoms with Gasteiger partial charge in [0.2, 0.25) is 5.88 Å². The van der Waals surface area contributed by atoms with E-state index in [2.05, 4.69) is 29.0 Å². The van der Waals surface area contributed by atoms with Gasteiger partial charge in [-0.25, -0.2) is 4.98 Å². The molecule has 3 rings (SSSR count). The SMILES string of the molecule is CCCCc1ccc(Oc2cc(N)nc(C3CC3)n2)cc1. The number of nitrogens with two attached hydrogens (primary N) is 1. The first-order chi connectivity index (χ1) is 10.2. The Morgan fingerprint density at radius 2 is 1.95 bits per heavy atom. The second-order valence-corrected chi connectivity index (χ2v) is 5.61. The zero-order valence-electron chi connectivity index (χ0n) is 12.4. The van der Waals surface area contributed by atoms with Crippen LogP contribution in [0.5, 0.6) is 11.6 Å². The molecule has 2 N–H and O–H groups in total. The third-order valence-corrected chi connectivity index (χ3v) is 3.65. The van der Waals surface area contributed by atoms with Crippen molar-refractivity contribution in [1.29, 1.82) is 0 Å². The molecule has 21 heavy (non-hydrogen) atoms. The molecule has 4 heteroatoms. The van der Waals surface area contributed by atoms with Crippen LogP contribution in [0.3, 0.4) is 0 Å². The van der Waals surface area contributed by atoms with Crippen molar-refractivity contribution < 1.29 is 4.74 Å². The molecule has 2 aromatic rings. The second kappa shape index (κ2) is 6.12. The van der Waals surface area contributed by atoms with Gasteiger partial charge in [0.25, 0.3) is 0 Å². The van der Waals surface area contributed by atoms with Gasteiger partial charge in [-0.3, -0.25) is 0 Å². The first-order valence-corrected chi connectivity index (χ1v) is 7.66. The fourth-order valence-electron chi connectivity index (χ4n) is 2.26. The summed E-state index contributed by atoms with van der Waals surface area (Å²) in [5.74, 6) is 3.07. The summed E-state index contributed by atoms with van der Waals surface area (Å²) in [5, 5.41) is 0. The fraction of sp³-hybridized carbons (Fsp3) is 0.412. The molecule has 1 saturated carbocycles. The molecule has 0 amide bonds. The number of aromatic nitrogens is 2. The van der Waals surface area contributed by atoms with Gasteiger partial charge in [-0.2, -0.15) is 4.98 Å². The zero-order valence-corrected chi connectivity index (χ0v) is 12.4. The number of anilines is 1. The van der Waals surface area contributed by atoms with Crippen LogP contribution in [-0.4, -0.2) is 9.97 Å². The van der Waals surface area contributed by atoms with E-state index in [1.165, 1.54) is 18.4 Å². The van der Waals surface area contributed by atoms with E-state index in [1.807, 2.05) is 12.1 Å². The van der Waals surface area contributed by atoms with E-state index < -0.39 is 0 Å². The summed E-state index contributed by atoms with van der Waals surface area (Å²) < 4.78 is 5.81. The molecule has 1 heterocycles. The molecule has 1 aliphatic rings. The number of rotatable bonds is 6. The summed E-state index contributed by atoms with van der Waals surface area (Å²) in [6.45, 7) is 2.20. The Morgan fingerprint density at radius 1 is 1.19 bits per heavy atom. The lowest BCUT2D eigenvalue weighted by Crippen LogP contribution is -2.00. The molecule has 1 fully saturated rings. The van der Waals surface area contributed by atoms with Crippen LogP contribution in [0.15, 0.2) is 30.3 Å². The Balaban J connectivity index is 1.70. The third-order valence-electron chi connectivity index (χ3n) is 3.65. The van der Waals surface area contributed by atoms with Crippen LogP contribution in [0.2, 0.25) is 0 Å². The minimum atomic E-state index is 0.465. The largest absolute Gasteiger partial charge is 0.439 e. The number of nitrogen functional groups attached to an aromatic ring is 1. The zero-order chi connectivity index (χ0) is 14.7. The average molecular weight is 283 g/mol. The summed E-state index contributed by atoms with van der Waals surface area (Å²) in [4.78, 5) is 8.72. The standard InChI is InChI=1S/C17H21N3O/c1-2-3-4-12-5-9-14(10-6-12)21-16-11-15(18)19-17(20-16)13-7-8-13/h5-6,9-11,13H,2-4,7-8H2,1H3,(H2,18,19,20). The van der Waals surface area contributed by atoms with Gasteiger partial charge >= 0.3 is 0 Å². The van der Waals surface area contributed by atoms with E-state index in [-0.39, 0.29) is 0 Å². The van der Waals surface area contributed by atoms with Crippen LogP contribution in [0, 0.1) is 0 Å². The summed E-state index contributed by atoms with van der Waals surface area (Å²) in [6.07, 6.45) is 5.84. The topological polar surface area (TPSA) is 61.0 Å². The van der Waals surface area contributed by atoms with E-state index in [4.69, 9.17) is 10.5 Å². The van der Waals surface area contributed by atoms with Crippen molar-refractivity contribution in [2.24, 2.45) is 0 Å². The van der Waals surface area contributed by atoms with Crippen LogP contribution >= 0.6 is 0 Å². The fourth-order valence-corrected chi connectivity index (χ4v) is 2.26. The number of nitrogens with zero attached hydrogens (tertiary/aromatic N) is 2. The van der Waals surface area contributed by atoms with Crippen LogP contribution < -0.4 is 10.5 Å². The minimum absolute atomic E-state index is 0.465. The highest BCUT2D eigenvalue weighted by atomic mass is 16.5. The van der Waals surface area contributed by atoms with E-state index in [9.17, 15) is 0 Å². The lowest BCUT2D eigenvalue weighted by Gasteiger charge is -2.08. The smallest absolute Gasteiger partial charge is 0.224 e. The Labute approximate surface area is 125 Å². The predicted octanol–water partition coefficient (Wildman–Crippen LogP) is 4.07. The molecule has 0 aliphatic heterocycles. The maximum Gasteiger partial charge on any atom is 0.224 e. The Bertz CT molecular complexity index is 606. The highest BCUT2D eigenvalue weighted by Gasteiger charge is 2.27. The van der Waals surface area contributed by atoms with E-state index in [1.54, 1.807) is 6.07 Å². The first kappa shape index (κ1) is 13.9. The lowest BCUT2D eigenvalue weighted by atomic mass is 10.1. The van der Waals surface area contributed by atoms with Crippen LogP contribution in [0.4, 0.5) is 5.82 Å². The van der Waals surface area contributed by atoms with Crippen molar-refractivity contribution in [3.63, 3.8) is 0 Å². The quantitative estimate of drug-likeness (QED) is 0.868. The number of ether oxygens (including phenoxy) is 1. The summed E-state index contributed by atoms with van der Waals surface area (Å²) in [7, 11) is 0. The Kier molecular flexibility index (Phi) is 4.04. The maximum absolute atomic E-state index is 5.83. The van der Waals surface area contributed by atoms with Gasteiger partial charge in [0.1, 0.15) is 17.4 Å². The highest BCUT2D eigenvalue weighted by molar-refractivity contribution is 5.37. The molecule has 0 unspecified atom stereocenters. The molecule has 4 nitrogen and oxygen atoms in total. The molecular formula is C17H21N3O. The van der Waals surface area contributed by atoms with Gasteiger partial charge in [0, 0.05) is 12.0 Å². The number of hydrogen-bond acceptors (Lipinski definition) is 4. The second-order valence-electron chi connectivity index (χ2n) is 5.61. The van der Waals surface area contributed by atoms with Gasteiger partial charge in [-0.05, 0) is 43.4 Å². The van der Waals surface area contributed by atoms with Gasteiger partial charge in [-0.15, -0.1) is 0 Å². The molecule has 0 spiro atoms. The highest BCUT2D eigenvalue weighted by Crippen LogP contribution is 2.39. The normalized spacial score (nSPS) is 14.1. The van der Waals surface area contributed by atoms with Crippen molar-refractivity contribution in [2.75, 3.05) is 5.73 Å².